The van der Waals surface area contributed by atoms with E-state index < -0.39 is 5.41 Å². The number of pyridine rings is 1. The molecule has 3 aromatic rings. The fourth-order valence-corrected chi connectivity index (χ4v) is 3.72. The fourth-order valence-electron chi connectivity index (χ4n) is 3.72. The molecule has 2 heterocycles. The van der Waals surface area contributed by atoms with Crippen LogP contribution in [0, 0.1) is 11.3 Å². The van der Waals surface area contributed by atoms with Crippen molar-refractivity contribution in [1.29, 1.82) is 5.26 Å². The standard InChI is InChI=1S/C24H21N3O2/c25-18-24(20-8-2-1-3-9-20)12-15-27(16-13-24)23(28)19-7-6-10-21(17-19)29-22-11-4-5-14-26-22/h1-11,14,17H,12-13,15-16H2. The smallest absolute Gasteiger partial charge is 0.253 e. The van der Waals surface area contributed by atoms with Gasteiger partial charge in [0.25, 0.3) is 5.91 Å². The summed E-state index contributed by atoms with van der Waals surface area (Å²) in [7, 11) is 0. The molecule has 144 valence electrons. The third-order valence-corrected chi connectivity index (χ3v) is 5.39. The molecule has 0 spiro atoms. The van der Waals surface area contributed by atoms with E-state index in [4.69, 9.17) is 4.74 Å². The number of nitriles is 1. The van der Waals surface area contributed by atoms with Crippen molar-refractivity contribution in [2.45, 2.75) is 18.3 Å². The topological polar surface area (TPSA) is 66.2 Å². The Labute approximate surface area is 170 Å². The van der Waals surface area contributed by atoms with Crippen LogP contribution in [-0.4, -0.2) is 28.9 Å². The largest absolute Gasteiger partial charge is 0.439 e. The number of piperidine rings is 1. The van der Waals surface area contributed by atoms with Crippen LogP contribution in [0.5, 0.6) is 11.6 Å². The van der Waals surface area contributed by atoms with Crippen molar-refractivity contribution in [1.82, 2.24) is 9.88 Å². The molecular formula is C24H21N3O2. The molecule has 0 unspecified atom stereocenters. The minimum absolute atomic E-state index is 0.0453. The van der Waals surface area contributed by atoms with Gasteiger partial charge < -0.3 is 9.64 Å². The van der Waals surface area contributed by atoms with Gasteiger partial charge in [0, 0.05) is 30.9 Å². The van der Waals surface area contributed by atoms with Crippen molar-refractivity contribution in [2.75, 3.05) is 13.1 Å². The highest BCUT2D eigenvalue weighted by Gasteiger charge is 2.37. The van der Waals surface area contributed by atoms with E-state index in [0.29, 0.717) is 43.1 Å². The molecule has 2 aromatic carbocycles. The highest BCUT2D eigenvalue weighted by molar-refractivity contribution is 5.94. The summed E-state index contributed by atoms with van der Waals surface area (Å²) in [4.78, 5) is 19.0. The van der Waals surface area contributed by atoms with Gasteiger partial charge in [-0.05, 0) is 42.7 Å². The number of benzene rings is 2. The zero-order valence-corrected chi connectivity index (χ0v) is 16.0. The maximum absolute atomic E-state index is 13.0. The Bertz CT molecular complexity index is 1020. The van der Waals surface area contributed by atoms with Gasteiger partial charge in [-0.15, -0.1) is 0 Å². The highest BCUT2D eigenvalue weighted by Crippen LogP contribution is 2.35. The summed E-state index contributed by atoms with van der Waals surface area (Å²) >= 11 is 0. The second-order valence-corrected chi connectivity index (χ2v) is 7.15. The Balaban J connectivity index is 1.46. The van der Waals surface area contributed by atoms with Crippen molar-refractivity contribution in [3.8, 4) is 17.7 Å². The average molecular weight is 383 g/mol. The van der Waals surface area contributed by atoms with Gasteiger partial charge in [0.15, 0.2) is 0 Å². The average Bonchev–Trinajstić information content (AvgIpc) is 2.80. The van der Waals surface area contributed by atoms with Gasteiger partial charge in [-0.2, -0.15) is 5.26 Å². The number of amides is 1. The second-order valence-electron chi connectivity index (χ2n) is 7.15. The lowest BCUT2D eigenvalue weighted by Gasteiger charge is -2.37. The lowest BCUT2D eigenvalue weighted by Crippen LogP contribution is -2.44. The quantitative estimate of drug-likeness (QED) is 0.662. The third kappa shape index (κ3) is 3.97. The summed E-state index contributed by atoms with van der Waals surface area (Å²) in [6.45, 7) is 1.10. The summed E-state index contributed by atoms with van der Waals surface area (Å²) in [5.41, 5.74) is 1.07. The predicted molar refractivity (Wildman–Crippen MR) is 110 cm³/mol. The molecule has 5 nitrogen and oxygen atoms in total. The van der Waals surface area contributed by atoms with Crippen LogP contribution >= 0.6 is 0 Å². The Morgan fingerprint density at radius 3 is 2.45 bits per heavy atom. The van der Waals surface area contributed by atoms with Crippen LogP contribution in [0.4, 0.5) is 0 Å². The molecular weight excluding hydrogens is 362 g/mol. The van der Waals surface area contributed by atoms with E-state index >= 15 is 0 Å². The lowest BCUT2D eigenvalue weighted by atomic mass is 9.74. The van der Waals surface area contributed by atoms with Crippen LogP contribution < -0.4 is 4.74 Å². The number of carbonyl (C=O) groups is 1. The molecule has 0 atom stereocenters. The molecule has 0 aliphatic carbocycles. The summed E-state index contributed by atoms with van der Waals surface area (Å²) < 4.78 is 5.74. The molecule has 0 N–H and O–H groups in total. The molecule has 4 rings (SSSR count). The first-order chi connectivity index (χ1) is 14.2. The van der Waals surface area contributed by atoms with E-state index in [1.165, 1.54) is 0 Å². The van der Waals surface area contributed by atoms with E-state index in [0.717, 1.165) is 5.56 Å². The van der Waals surface area contributed by atoms with Crippen LogP contribution in [-0.2, 0) is 5.41 Å². The zero-order valence-electron chi connectivity index (χ0n) is 16.0. The highest BCUT2D eigenvalue weighted by atomic mass is 16.5. The van der Waals surface area contributed by atoms with Gasteiger partial charge in [0.05, 0.1) is 11.5 Å². The van der Waals surface area contributed by atoms with E-state index in [-0.39, 0.29) is 5.91 Å². The van der Waals surface area contributed by atoms with Crippen LogP contribution in [0.1, 0.15) is 28.8 Å². The molecule has 1 amide bonds. The van der Waals surface area contributed by atoms with Gasteiger partial charge in [0.2, 0.25) is 5.88 Å². The van der Waals surface area contributed by atoms with Gasteiger partial charge in [-0.3, -0.25) is 4.79 Å². The molecule has 1 aliphatic heterocycles. The van der Waals surface area contributed by atoms with E-state index in [1.54, 1.807) is 36.5 Å². The van der Waals surface area contributed by atoms with Crippen molar-refractivity contribution < 1.29 is 9.53 Å². The summed E-state index contributed by atoms with van der Waals surface area (Å²) in [6, 6.07) is 24.9. The summed E-state index contributed by atoms with van der Waals surface area (Å²) in [5, 5.41) is 9.84. The normalized spacial score (nSPS) is 15.3. The molecule has 5 heteroatoms. The lowest BCUT2D eigenvalue weighted by molar-refractivity contribution is 0.0691. The van der Waals surface area contributed by atoms with Gasteiger partial charge in [-0.25, -0.2) is 4.98 Å². The predicted octanol–water partition coefficient (Wildman–Crippen LogP) is 4.57. The molecule has 1 fully saturated rings. The monoisotopic (exact) mass is 383 g/mol. The van der Waals surface area contributed by atoms with Crippen LogP contribution in [0.2, 0.25) is 0 Å². The first kappa shape index (κ1) is 18.7. The van der Waals surface area contributed by atoms with Gasteiger partial charge >= 0.3 is 0 Å². The van der Waals surface area contributed by atoms with Gasteiger partial charge in [0.1, 0.15) is 5.75 Å². The van der Waals surface area contributed by atoms with Crippen molar-refractivity contribution in [3.05, 3.63) is 90.1 Å². The van der Waals surface area contributed by atoms with Crippen molar-refractivity contribution in [3.63, 3.8) is 0 Å². The van der Waals surface area contributed by atoms with Gasteiger partial charge in [-0.1, -0.05) is 42.5 Å². The number of rotatable bonds is 4. The molecule has 1 aromatic heterocycles. The molecule has 0 saturated carbocycles. The molecule has 0 bridgehead atoms. The Morgan fingerprint density at radius 1 is 1.00 bits per heavy atom. The number of hydrogen-bond donors (Lipinski definition) is 0. The first-order valence-electron chi connectivity index (χ1n) is 9.65. The molecule has 1 saturated heterocycles. The zero-order chi connectivity index (χ0) is 20.1. The number of aromatic nitrogens is 1. The maximum atomic E-state index is 13.0. The van der Waals surface area contributed by atoms with Crippen LogP contribution in [0.25, 0.3) is 0 Å². The Hall–Kier alpha value is -3.65. The molecule has 0 radical (unpaired) electrons. The minimum Gasteiger partial charge on any atom is -0.439 e. The van der Waals surface area contributed by atoms with E-state index in [2.05, 4.69) is 11.1 Å². The number of hydrogen-bond acceptors (Lipinski definition) is 4. The molecule has 1 aliphatic rings. The Kier molecular flexibility index (Phi) is 5.26. The third-order valence-electron chi connectivity index (χ3n) is 5.39. The second kappa shape index (κ2) is 8.15. The fraction of sp³-hybridized carbons (Fsp3) is 0.208. The van der Waals surface area contributed by atoms with Crippen molar-refractivity contribution >= 4 is 5.91 Å². The number of carbonyl (C=O) groups excluding carboxylic acids is 1. The van der Waals surface area contributed by atoms with Crippen LogP contribution in [0.15, 0.2) is 79.0 Å². The number of ether oxygens (including phenoxy) is 1. The molecule has 29 heavy (non-hydrogen) atoms. The SMILES string of the molecule is N#CC1(c2ccccc2)CCN(C(=O)c2cccc(Oc3ccccn3)c2)CC1. The van der Waals surface area contributed by atoms with Crippen LogP contribution in [0.3, 0.4) is 0 Å². The minimum atomic E-state index is -0.526. The maximum Gasteiger partial charge on any atom is 0.253 e. The number of nitrogens with zero attached hydrogens (tertiary/aromatic N) is 3. The van der Waals surface area contributed by atoms with E-state index in [1.807, 2.05) is 47.4 Å². The first-order valence-corrected chi connectivity index (χ1v) is 9.65. The van der Waals surface area contributed by atoms with Crippen molar-refractivity contribution in [2.24, 2.45) is 0 Å². The number of likely N-dealkylation sites (tertiary alicyclic amines) is 1. The Morgan fingerprint density at radius 2 is 1.76 bits per heavy atom. The van der Waals surface area contributed by atoms with E-state index in [9.17, 15) is 10.1 Å². The summed E-state index contributed by atoms with van der Waals surface area (Å²) in [5.74, 6) is 1.01. The summed E-state index contributed by atoms with van der Waals surface area (Å²) in [6.07, 6.45) is 2.92.